The maximum atomic E-state index is 12.5. The van der Waals surface area contributed by atoms with Gasteiger partial charge in [0.1, 0.15) is 17.3 Å². The number of benzene rings is 2. The van der Waals surface area contributed by atoms with Crippen LogP contribution in [0.25, 0.3) is 0 Å². The number of anilines is 3. The van der Waals surface area contributed by atoms with E-state index in [-0.39, 0.29) is 16.8 Å². The molecule has 0 bridgehead atoms. The number of nitrogens with one attached hydrogen (secondary N) is 3. The van der Waals surface area contributed by atoms with Crippen LogP contribution in [-0.4, -0.2) is 46.1 Å². The van der Waals surface area contributed by atoms with Gasteiger partial charge in [0.15, 0.2) is 0 Å². The fourth-order valence-corrected chi connectivity index (χ4v) is 4.15. The van der Waals surface area contributed by atoms with Gasteiger partial charge in [-0.05, 0) is 49.1 Å². The van der Waals surface area contributed by atoms with E-state index >= 15 is 0 Å². The fourth-order valence-electron chi connectivity index (χ4n) is 3.93. The standard InChI is InChI=1S/C26H26ClN5O5/c27-21-15-19(6-7-22(21)30-25(34)29-18-4-2-1-3-5-18)37-20-8-11-28-23(16-20)31-24(33)14-17-9-12-32(13-10-17)26(35)36/h1-8,11,15-17H,9-10,12-14H2,(H,35,36)(H,28,31,33)(H2,29,30,34). The molecule has 11 heteroatoms. The summed E-state index contributed by atoms with van der Waals surface area (Å²) in [5.41, 5.74) is 1.07. The summed E-state index contributed by atoms with van der Waals surface area (Å²) in [6, 6.07) is 16.7. The number of hydrogen-bond acceptors (Lipinski definition) is 5. The van der Waals surface area contributed by atoms with Gasteiger partial charge in [-0.25, -0.2) is 14.6 Å². The van der Waals surface area contributed by atoms with Gasteiger partial charge in [-0.1, -0.05) is 29.8 Å². The van der Waals surface area contributed by atoms with Crippen LogP contribution in [0, 0.1) is 5.92 Å². The Morgan fingerprint density at radius 3 is 2.41 bits per heavy atom. The zero-order valence-electron chi connectivity index (χ0n) is 19.8. The van der Waals surface area contributed by atoms with Gasteiger partial charge in [-0.15, -0.1) is 0 Å². The van der Waals surface area contributed by atoms with Gasteiger partial charge in [-0.3, -0.25) is 4.79 Å². The number of amides is 4. The number of para-hydroxylation sites is 1. The molecule has 0 unspecified atom stereocenters. The summed E-state index contributed by atoms with van der Waals surface area (Å²) in [6.45, 7) is 0.868. The van der Waals surface area contributed by atoms with Crippen molar-refractivity contribution in [3.8, 4) is 11.5 Å². The number of urea groups is 1. The Morgan fingerprint density at radius 2 is 1.70 bits per heavy atom. The Bertz CT molecular complexity index is 1270. The van der Waals surface area contributed by atoms with E-state index in [0.717, 1.165) is 0 Å². The third kappa shape index (κ3) is 7.58. The van der Waals surface area contributed by atoms with Crippen molar-refractivity contribution in [3.05, 3.63) is 71.9 Å². The van der Waals surface area contributed by atoms with E-state index in [1.807, 2.05) is 18.2 Å². The second kappa shape index (κ2) is 12.1. The highest BCUT2D eigenvalue weighted by atomic mass is 35.5. The first-order valence-corrected chi connectivity index (χ1v) is 12.1. The highest BCUT2D eigenvalue weighted by Gasteiger charge is 2.24. The number of ether oxygens (including phenoxy) is 1. The van der Waals surface area contributed by atoms with Gasteiger partial charge in [0.25, 0.3) is 0 Å². The molecule has 2 heterocycles. The van der Waals surface area contributed by atoms with Crippen molar-refractivity contribution in [3.63, 3.8) is 0 Å². The molecule has 1 aliphatic rings. The predicted molar refractivity (Wildman–Crippen MR) is 140 cm³/mol. The first-order valence-electron chi connectivity index (χ1n) is 11.7. The Kier molecular flexibility index (Phi) is 8.42. The van der Waals surface area contributed by atoms with Gasteiger partial charge < -0.3 is 30.7 Å². The van der Waals surface area contributed by atoms with Crippen molar-refractivity contribution >= 4 is 46.8 Å². The Balaban J connectivity index is 1.29. The number of pyridine rings is 1. The lowest BCUT2D eigenvalue weighted by atomic mass is 9.93. The largest absolute Gasteiger partial charge is 0.465 e. The minimum Gasteiger partial charge on any atom is -0.465 e. The Morgan fingerprint density at radius 1 is 0.973 bits per heavy atom. The van der Waals surface area contributed by atoms with Crippen molar-refractivity contribution in [2.24, 2.45) is 5.92 Å². The summed E-state index contributed by atoms with van der Waals surface area (Å²) in [7, 11) is 0. The number of carbonyl (C=O) groups excluding carboxylic acids is 2. The van der Waals surface area contributed by atoms with E-state index in [1.54, 1.807) is 42.5 Å². The first kappa shape index (κ1) is 25.8. The summed E-state index contributed by atoms with van der Waals surface area (Å²) in [5.74, 6) is 1.16. The molecule has 0 aliphatic carbocycles. The fraction of sp³-hybridized carbons (Fsp3) is 0.231. The number of halogens is 1. The molecule has 192 valence electrons. The molecule has 4 amide bonds. The maximum absolute atomic E-state index is 12.5. The van der Waals surface area contributed by atoms with E-state index in [9.17, 15) is 14.4 Å². The smallest absolute Gasteiger partial charge is 0.407 e. The number of carbonyl (C=O) groups is 3. The van der Waals surface area contributed by atoms with Crippen molar-refractivity contribution in [2.45, 2.75) is 19.3 Å². The van der Waals surface area contributed by atoms with Crippen LogP contribution < -0.4 is 20.7 Å². The monoisotopic (exact) mass is 523 g/mol. The second-order valence-corrected chi connectivity index (χ2v) is 8.94. The molecular weight excluding hydrogens is 498 g/mol. The first-order chi connectivity index (χ1) is 17.9. The molecule has 4 rings (SSSR count). The van der Waals surface area contributed by atoms with E-state index < -0.39 is 12.1 Å². The third-order valence-electron chi connectivity index (χ3n) is 5.81. The van der Waals surface area contributed by atoms with Crippen LogP contribution in [0.3, 0.4) is 0 Å². The van der Waals surface area contributed by atoms with Crippen LogP contribution in [0.2, 0.25) is 5.02 Å². The molecule has 1 saturated heterocycles. The van der Waals surface area contributed by atoms with Crippen molar-refractivity contribution in [2.75, 3.05) is 29.0 Å². The molecule has 0 radical (unpaired) electrons. The molecule has 3 aromatic rings. The van der Waals surface area contributed by atoms with Gasteiger partial charge in [0, 0.05) is 43.5 Å². The lowest BCUT2D eigenvalue weighted by molar-refractivity contribution is -0.117. The highest BCUT2D eigenvalue weighted by Crippen LogP contribution is 2.30. The normalized spacial score (nSPS) is 13.5. The Labute approximate surface area is 218 Å². The molecule has 1 fully saturated rings. The molecule has 10 nitrogen and oxygen atoms in total. The number of carboxylic acid groups (broad SMARTS) is 1. The van der Waals surface area contributed by atoms with Crippen LogP contribution in [0.4, 0.5) is 26.8 Å². The minimum atomic E-state index is -0.926. The second-order valence-electron chi connectivity index (χ2n) is 8.53. The van der Waals surface area contributed by atoms with Crippen LogP contribution >= 0.6 is 11.6 Å². The number of piperidine rings is 1. The third-order valence-corrected chi connectivity index (χ3v) is 6.13. The van der Waals surface area contributed by atoms with Crippen molar-refractivity contribution in [1.29, 1.82) is 0 Å². The number of likely N-dealkylation sites (tertiary alicyclic amines) is 1. The quantitative estimate of drug-likeness (QED) is 0.305. The average Bonchev–Trinajstić information content (AvgIpc) is 2.87. The van der Waals surface area contributed by atoms with E-state index in [1.165, 1.54) is 11.1 Å². The Hall–Kier alpha value is -4.31. The average molecular weight is 524 g/mol. The topological polar surface area (TPSA) is 133 Å². The molecule has 1 aromatic heterocycles. The molecule has 37 heavy (non-hydrogen) atoms. The van der Waals surface area contributed by atoms with Gasteiger partial charge >= 0.3 is 12.1 Å². The van der Waals surface area contributed by atoms with Crippen molar-refractivity contribution < 1.29 is 24.2 Å². The van der Waals surface area contributed by atoms with Crippen molar-refractivity contribution in [1.82, 2.24) is 9.88 Å². The van der Waals surface area contributed by atoms with Crippen LogP contribution in [0.15, 0.2) is 66.9 Å². The predicted octanol–water partition coefficient (Wildman–Crippen LogP) is 5.89. The number of rotatable bonds is 7. The van der Waals surface area contributed by atoms with E-state index in [4.69, 9.17) is 21.4 Å². The maximum Gasteiger partial charge on any atom is 0.407 e. The van der Waals surface area contributed by atoms with Gasteiger partial charge in [0.2, 0.25) is 5.91 Å². The summed E-state index contributed by atoms with van der Waals surface area (Å²) >= 11 is 6.33. The molecule has 1 aliphatic heterocycles. The summed E-state index contributed by atoms with van der Waals surface area (Å²) < 4.78 is 5.86. The SMILES string of the molecule is O=C(CC1CCN(C(=O)O)CC1)Nc1cc(Oc2ccc(NC(=O)Nc3ccccc3)c(Cl)c2)ccn1. The zero-order chi connectivity index (χ0) is 26.2. The number of hydrogen-bond donors (Lipinski definition) is 4. The molecule has 4 N–H and O–H groups in total. The molecule has 0 saturated carbocycles. The molecular formula is C26H26ClN5O5. The minimum absolute atomic E-state index is 0.124. The van der Waals surface area contributed by atoms with E-state index in [2.05, 4.69) is 20.9 Å². The van der Waals surface area contributed by atoms with Crippen LogP contribution in [0.5, 0.6) is 11.5 Å². The highest BCUT2D eigenvalue weighted by molar-refractivity contribution is 6.34. The van der Waals surface area contributed by atoms with Crippen LogP contribution in [-0.2, 0) is 4.79 Å². The summed E-state index contributed by atoms with van der Waals surface area (Å²) in [6.07, 6.45) is 2.18. The molecule has 0 atom stereocenters. The molecule has 0 spiro atoms. The zero-order valence-corrected chi connectivity index (χ0v) is 20.6. The van der Waals surface area contributed by atoms with Gasteiger partial charge in [-0.2, -0.15) is 0 Å². The molecule has 2 aromatic carbocycles. The number of aromatic nitrogens is 1. The lowest BCUT2D eigenvalue weighted by Gasteiger charge is -2.29. The van der Waals surface area contributed by atoms with Gasteiger partial charge in [0.05, 0.1) is 10.7 Å². The number of nitrogens with zero attached hydrogens (tertiary/aromatic N) is 2. The lowest BCUT2D eigenvalue weighted by Crippen LogP contribution is -2.38. The summed E-state index contributed by atoms with van der Waals surface area (Å²) in [5, 5.41) is 17.5. The van der Waals surface area contributed by atoms with Crippen LogP contribution in [0.1, 0.15) is 19.3 Å². The van der Waals surface area contributed by atoms with E-state index in [0.29, 0.717) is 61.0 Å². The summed E-state index contributed by atoms with van der Waals surface area (Å²) in [4.78, 5) is 41.3.